The molecule has 2 rings (SSSR count). The van der Waals surface area contributed by atoms with Crippen molar-refractivity contribution >= 4 is 11.9 Å². The van der Waals surface area contributed by atoms with Crippen LogP contribution in [0.2, 0.25) is 0 Å². The second-order valence-electron chi connectivity index (χ2n) is 5.94. The van der Waals surface area contributed by atoms with Crippen LogP contribution < -0.4 is 0 Å². The lowest BCUT2D eigenvalue weighted by molar-refractivity contribution is -0.162. The largest absolute Gasteiger partial charge is 0.469 e. The van der Waals surface area contributed by atoms with E-state index in [2.05, 4.69) is 0 Å². The Morgan fingerprint density at radius 3 is 2.52 bits per heavy atom. The van der Waals surface area contributed by atoms with Crippen molar-refractivity contribution in [1.29, 1.82) is 0 Å². The van der Waals surface area contributed by atoms with Crippen LogP contribution in [0.15, 0.2) is 30.3 Å². The predicted molar refractivity (Wildman–Crippen MR) is 84.5 cm³/mol. The molecule has 0 heterocycles. The van der Waals surface area contributed by atoms with E-state index < -0.39 is 0 Å². The minimum atomic E-state index is -0.318. The lowest BCUT2D eigenvalue weighted by atomic mass is 9.83. The first-order valence-corrected chi connectivity index (χ1v) is 7.98. The summed E-state index contributed by atoms with van der Waals surface area (Å²) in [6.07, 6.45) is 2.19. The molecule has 1 saturated carbocycles. The zero-order valence-corrected chi connectivity index (χ0v) is 13.7. The Balaban J connectivity index is 1.92. The highest BCUT2D eigenvalue weighted by Gasteiger charge is 2.34. The molecule has 0 N–H and O–H groups in total. The minimum absolute atomic E-state index is 0.131. The highest BCUT2D eigenvalue weighted by molar-refractivity contribution is 5.69. The SMILES string of the molecule is COC(=O)C[C@@H]1CC[C@H](OCc2ccccc2)[C@H](OC(C)=O)C1. The van der Waals surface area contributed by atoms with Crippen molar-refractivity contribution in [3.8, 4) is 0 Å². The van der Waals surface area contributed by atoms with Crippen LogP contribution >= 0.6 is 0 Å². The van der Waals surface area contributed by atoms with Crippen LogP contribution in [0.3, 0.4) is 0 Å². The molecule has 1 aromatic rings. The summed E-state index contributed by atoms with van der Waals surface area (Å²) in [7, 11) is 1.39. The number of methoxy groups -OCH3 is 1. The molecule has 1 aliphatic rings. The fourth-order valence-corrected chi connectivity index (χ4v) is 2.99. The molecule has 0 spiro atoms. The minimum Gasteiger partial charge on any atom is -0.469 e. The van der Waals surface area contributed by atoms with Gasteiger partial charge in [-0.15, -0.1) is 0 Å². The van der Waals surface area contributed by atoms with Gasteiger partial charge in [0, 0.05) is 13.3 Å². The Hall–Kier alpha value is -1.88. The Morgan fingerprint density at radius 1 is 1.13 bits per heavy atom. The summed E-state index contributed by atoms with van der Waals surface area (Å²) in [6.45, 7) is 1.89. The molecule has 1 aliphatic carbocycles. The highest BCUT2D eigenvalue weighted by Crippen LogP contribution is 2.31. The van der Waals surface area contributed by atoms with Crippen LogP contribution in [0, 0.1) is 5.92 Å². The number of esters is 2. The van der Waals surface area contributed by atoms with Crippen LogP contribution in [0.5, 0.6) is 0 Å². The zero-order valence-electron chi connectivity index (χ0n) is 13.7. The van der Waals surface area contributed by atoms with E-state index in [0.717, 1.165) is 18.4 Å². The lowest BCUT2D eigenvalue weighted by Gasteiger charge is -2.35. The van der Waals surface area contributed by atoms with Gasteiger partial charge in [-0.2, -0.15) is 0 Å². The number of carbonyl (C=O) groups excluding carboxylic acids is 2. The second-order valence-corrected chi connectivity index (χ2v) is 5.94. The van der Waals surface area contributed by atoms with Crippen LogP contribution in [-0.2, 0) is 30.4 Å². The van der Waals surface area contributed by atoms with E-state index in [0.29, 0.717) is 19.4 Å². The number of hydrogen-bond donors (Lipinski definition) is 0. The molecule has 0 unspecified atom stereocenters. The topological polar surface area (TPSA) is 61.8 Å². The fraction of sp³-hybridized carbons (Fsp3) is 0.556. The van der Waals surface area contributed by atoms with Crippen LogP contribution in [0.1, 0.15) is 38.2 Å². The first-order valence-electron chi connectivity index (χ1n) is 7.98. The highest BCUT2D eigenvalue weighted by atomic mass is 16.6. The Morgan fingerprint density at radius 2 is 1.87 bits per heavy atom. The quantitative estimate of drug-likeness (QED) is 0.754. The summed E-state index contributed by atoms with van der Waals surface area (Å²) in [5, 5.41) is 0. The Kier molecular flexibility index (Phi) is 6.59. The maximum Gasteiger partial charge on any atom is 0.305 e. The zero-order chi connectivity index (χ0) is 16.7. The molecule has 0 aliphatic heterocycles. The summed E-state index contributed by atoms with van der Waals surface area (Å²) >= 11 is 0. The van der Waals surface area contributed by atoms with Gasteiger partial charge in [0.25, 0.3) is 0 Å². The molecule has 0 amide bonds. The van der Waals surface area contributed by atoms with Gasteiger partial charge in [0.05, 0.1) is 19.8 Å². The molecule has 5 nitrogen and oxygen atoms in total. The monoisotopic (exact) mass is 320 g/mol. The third kappa shape index (κ3) is 5.67. The van der Waals surface area contributed by atoms with E-state index >= 15 is 0 Å². The van der Waals surface area contributed by atoms with E-state index in [1.165, 1.54) is 14.0 Å². The molecule has 5 heteroatoms. The average Bonchev–Trinajstić information content (AvgIpc) is 2.54. The summed E-state index contributed by atoms with van der Waals surface area (Å²) in [6, 6.07) is 9.90. The molecule has 3 atom stereocenters. The maximum absolute atomic E-state index is 11.4. The molecule has 0 aromatic heterocycles. The second kappa shape index (κ2) is 8.67. The molecule has 0 radical (unpaired) electrons. The van der Waals surface area contributed by atoms with Gasteiger partial charge in [0.2, 0.25) is 0 Å². The van der Waals surface area contributed by atoms with Crippen LogP contribution in [0.25, 0.3) is 0 Å². The van der Waals surface area contributed by atoms with Crippen molar-refractivity contribution in [2.75, 3.05) is 7.11 Å². The van der Waals surface area contributed by atoms with E-state index in [1.807, 2.05) is 30.3 Å². The van der Waals surface area contributed by atoms with E-state index in [4.69, 9.17) is 14.2 Å². The van der Waals surface area contributed by atoms with Gasteiger partial charge in [-0.05, 0) is 30.7 Å². The molecular formula is C18H24O5. The molecule has 0 saturated heterocycles. The van der Waals surface area contributed by atoms with E-state index in [-0.39, 0.29) is 30.1 Å². The summed E-state index contributed by atoms with van der Waals surface area (Å²) in [5.74, 6) is -0.370. The molecule has 126 valence electrons. The standard InChI is InChI=1S/C18H24O5/c1-13(19)23-17-10-15(11-18(20)21-2)8-9-16(17)22-12-14-6-4-3-5-7-14/h3-7,15-17H,8-12H2,1-2H3/t15-,16+,17-/m1/s1. The third-order valence-electron chi connectivity index (χ3n) is 4.15. The first-order chi connectivity index (χ1) is 11.1. The first kappa shape index (κ1) is 17.5. The van der Waals surface area contributed by atoms with Crippen molar-refractivity contribution in [3.05, 3.63) is 35.9 Å². The lowest BCUT2D eigenvalue weighted by Crippen LogP contribution is -2.39. The number of ether oxygens (including phenoxy) is 3. The maximum atomic E-state index is 11.4. The molecule has 1 fully saturated rings. The van der Waals surface area contributed by atoms with Crippen LogP contribution in [0.4, 0.5) is 0 Å². The average molecular weight is 320 g/mol. The smallest absolute Gasteiger partial charge is 0.305 e. The molecule has 23 heavy (non-hydrogen) atoms. The van der Waals surface area contributed by atoms with Crippen LogP contribution in [-0.4, -0.2) is 31.3 Å². The van der Waals surface area contributed by atoms with Crippen molar-refractivity contribution in [1.82, 2.24) is 0 Å². The van der Waals surface area contributed by atoms with Gasteiger partial charge in [-0.3, -0.25) is 9.59 Å². The van der Waals surface area contributed by atoms with Gasteiger partial charge in [0.1, 0.15) is 6.10 Å². The van der Waals surface area contributed by atoms with Gasteiger partial charge in [-0.25, -0.2) is 0 Å². The van der Waals surface area contributed by atoms with Gasteiger partial charge >= 0.3 is 11.9 Å². The summed E-state index contributed by atoms with van der Waals surface area (Å²) in [5.41, 5.74) is 1.09. The predicted octanol–water partition coefficient (Wildman–Crippen LogP) is 2.87. The van der Waals surface area contributed by atoms with Gasteiger partial charge in [0.15, 0.2) is 0 Å². The van der Waals surface area contributed by atoms with Crippen molar-refractivity contribution in [3.63, 3.8) is 0 Å². The number of benzene rings is 1. The number of carbonyl (C=O) groups is 2. The van der Waals surface area contributed by atoms with Crippen molar-refractivity contribution < 1.29 is 23.8 Å². The summed E-state index contributed by atoms with van der Waals surface area (Å²) in [4.78, 5) is 22.8. The van der Waals surface area contributed by atoms with Gasteiger partial charge in [-0.1, -0.05) is 30.3 Å². The molecule has 1 aromatic carbocycles. The Bertz CT molecular complexity index is 513. The van der Waals surface area contributed by atoms with Crippen molar-refractivity contribution in [2.24, 2.45) is 5.92 Å². The Labute approximate surface area is 136 Å². The molecular weight excluding hydrogens is 296 g/mol. The van der Waals surface area contributed by atoms with E-state index in [9.17, 15) is 9.59 Å². The fourth-order valence-electron chi connectivity index (χ4n) is 2.99. The van der Waals surface area contributed by atoms with Gasteiger partial charge < -0.3 is 14.2 Å². The number of rotatable bonds is 6. The third-order valence-corrected chi connectivity index (χ3v) is 4.15. The normalized spacial score (nSPS) is 24.0. The van der Waals surface area contributed by atoms with E-state index in [1.54, 1.807) is 0 Å². The summed E-state index contributed by atoms with van der Waals surface area (Å²) < 4.78 is 16.1. The van der Waals surface area contributed by atoms with Crippen molar-refractivity contribution in [2.45, 2.75) is 51.4 Å². The molecule has 0 bridgehead atoms. The number of hydrogen-bond acceptors (Lipinski definition) is 5.